The number of rotatable bonds is 6. The predicted molar refractivity (Wildman–Crippen MR) is 109 cm³/mol. The zero-order valence-electron chi connectivity index (χ0n) is 16.9. The Morgan fingerprint density at radius 1 is 0.933 bits per heavy atom. The number of halogens is 1. The number of methoxy groups -OCH3 is 2. The lowest BCUT2D eigenvalue weighted by molar-refractivity contribution is -0.137. The summed E-state index contributed by atoms with van der Waals surface area (Å²) in [4.78, 5) is 27.0. The molecular formula is C23H22FNO5. The van der Waals surface area contributed by atoms with Gasteiger partial charge in [-0.2, -0.15) is 0 Å². The minimum atomic E-state index is -0.760. The fraction of sp³-hybridized carbons (Fsp3) is 0.217. The SMILES string of the molecule is CCOc1ccccc1C1C(C(=O)OC)=CN(c2ccc(F)cc2)C=C1C(=O)OC. The number of esters is 2. The van der Waals surface area contributed by atoms with Crippen LogP contribution in [0.2, 0.25) is 0 Å². The molecule has 0 unspecified atom stereocenters. The number of para-hydroxylation sites is 1. The Hall–Kier alpha value is -3.61. The Morgan fingerprint density at radius 2 is 1.50 bits per heavy atom. The molecule has 0 radical (unpaired) electrons. The molecule has 0 amide bonds. The largest absolute Gasteiger partial charge is 0.494 e. The highest BCUT2D eigenvalue weighted by atomic mass is 19.1. The number of hydrogen-bond donors (Lipinski definition) is 0. The number of hydrogen-bond acceptors (Lipinski definition) is 6. The Balaban J connectivity index is 2.20. The van der Waals surface area contributed by atoms with Gasteiger partial charge < -0.3 is 19.1 Å². The second-order valence-electron chi connectivity index (χ2n) is 6.44. The van der Waals surface area contributed by atoms with Crippen molar-refractivity contribution in [2.45, 2.75) is 12.8 Å². The first-order chi connectivity index (χ1) is 14.5. The second kappa shape index (κ2) is 9.26. The van der Waals surface area contributed by atoms with E-state index in [1.54, 1.807) is 47.6 Å². The van der Waals surface area contributed by atoms with Crippen molar-refractivity contribution in [3.63, 3.8) is 0 Å². The van der Waals surface area contributed by atoms with Crippen molar-refractivity contribution in [2.75, 3.05) is 25.7 Å². The summed E-state index contributed by atoms with van der Waals surface area (Å²) in [6, 6.07) is 12.8. The molecule has 0 fully saturated rings. The van der Waals surface area contributed by atoms with Crippen molar-refractivity contribution in [3.8, 4) is 5.75 Å². The van der Waals surface area contributed by atoms with Crippen LogP contribution >= 0.6 is 0 Å². The van der Waals surface area contributed by atoms with E-state index >= 15 is 0 Å². The number of ether oxygens (including phenoxy) is 3. The van der Waals surface area contributed by atoms with Gasteiger partial charge in [-0.25, -0.2) is 14.0 Å². The number of benzene rings is 2. The number of anilines is 1. The fourth-order valence-corrected chi connectivity index (χ4v) is 3.33. The van der Waals surface area contributed by atoms with E-state index in [9.17, 15) is 14.0 Å². The molecule has 3 rings (SSSR count). The van der Waals surface area contributed by atoms with E-state index in [-0.39, 0.29) is 11.1 Å². The van der Waals surface area contributed by atoms with Crippen LogP contribution in [-0.2, 0) is 19.1 Å². The first kappa shape index (κ1) is 21.1. The maximum atomic E-state index is 13.4. The molecule has 0 aromatic heterocycles. The molecule has 30 heavy (non-hydrogen) atoms. The van der Waals surface area contributed by atoms with E-state index in [0.29, 0.717) is 23.6 Å². The van der Waals surface area contributed by atoms with E-state index in [1.165, 1.54) is 26.4 Å². The van der Waals surface area contributed by atoms with Crippen molar-refractivity contribution >= 4 is 17.6 Å². The Labute approximate surface area is 174 Å². The van der Waals surface area contributed by atoms with Crippen LogP contribution in [0.3, 0.4) is 0 Å². The van der Waals surface area contributed by atoms with Gasteiger partial charge >= 0.3 is 11.9 Å². The van der Waals surface area contributed by atoms with Gasteiger partial charge in [0.25, 0.3) is 0 Å². The van der Waals surface area contributed by atoms with Gasteiger partial charge in [-0.1, -0.05) is 18.2 Å². The summed E-state index contributed by atoms with van der Waals surface area (Å²) >= 11 is 0. The minimum Gasteiger partial charge on any atom is -0.494 e. The highest BCUT2D eigenvalue weighted by Gasteiger charge is 2.37. The smallest absolute Gasteiger partial charge is 0.336 e. The maximum Gasteiger partial charge on any atom is 0.336 e. The van der Waals surface area contributed by atoms with E-state index in [4.69, 9.17) is 14.2 Å². The highest BCUT2D eigenvalue weighted by Crippen LogP contribution is 2.41. The highest BCUT2D eigenvalue weighted by molar-refractivity contribution is 6.00. The molecular weight excluding hydrogens is 389 g/mol. The number of carbonyl (C=O) groups is 2. The van der Waals surface area contributed by atoms with E-state index in [1.807, 2.05) is 13.0 Å². The van der Waals surface area contributed by atoms with Gasteiger partial charge in [0.05, 0.1) is 37.9 Å². The van der Waals surface area contributed by atoms with Gasteiger partial charge in [0.2, 0.25) is 0 Å². The van der Waals surface area contributed by atoms with Crippen molar-refractivity contribution < 1.29 is 28.2 Å². The lowest BCUT2D eigenvalue weighted by Gasteiger charge is -2.30. The maximum absolute atomic E-state index is 13.4. The Morgan fingerprint density at radius 3 is 2.03 bits per heavy atom. The van der Waals surface area contributed by atoms with Crippen LogP contribution in [-0.4, -0.2) is 32.8 Å². The van der Waals surface area contributed by atoms with Crippen molar-refractivity contribution in [1.82, 2.24) is 0 Å². The van der Waals surface area contributed by atoms with Crippen LogP contribution < -0.4 is 9.64 Å². The number of carbonyl (C=O) groups excluding carboxylic acids is 2. The monoisotopic (exact) mass is 411 g/mol. The summed E-state index contributed by atoms with van der Waals surface area (Å²) < 4.78 is 29.1. The molecule has 0 saturated carbocycles. The molecule has 0 N–H and O–H groups in total. The van der Waals surface area contributed by atoms with Gasteiger partial charge in [-0.3, -0.25) is 0 Å². The second-order valence-corrected chi connectivity index (χ2v) is 6.44. The van der Waals surface area contributed by atoms with Gasteiger partial charge in [0.1, 0.15) is 11.6 Å². The van der Waals surface area contributed by atoms with Crippen LogP contribution in [0.4, 0.5) is 10.1 Å². The van der Waals surface area contributed by atoms with E-state index in [2.05, 4.69) is 0 Å². The average molecular weight is 411 g/mol. The first-order valence-electron chi connectivity index (χ1n) is 9.35. The molecule has 2 aromatic rings. The topological polar surface area (TPSA) is 65.1 Å². The molecule has 0 spiro atoms. The van der Waals surface area contributed by atoms with Crippen LogP contribution in [0.15, 0.2) is 72.1 Å². The normalized spacial score (nSPS) is 13.9. The molecule has 1 aliphatic rings. The van der Waals surface area contributed by atoms with Crippen LogP contribution in [0.5, 0.6) is 5.75 Å². The zero-order valence-corrected chi connectivity index (χ0v) is 16.9. The van der Waals surface area contributed by atoms with Crippen LogP contribution in [0.1, 0.15) is 18.4 Å². The average Bonchev–Trinajstić information content (AvgIpc) is 2.78. The van der Waals surface area contributed by atoms with Crippen molar-refractivity contribution in [2.24, 2.45) is 0 Å². The molecule has 0 saturated heterocycles. The molecule has 2 aromatic carbocycles. The standard InChI is InChI=1S/C23H22FNO5/c1-4-30-20-8-6-5-7-17(20)21-18(22(26)28-2)13-25(14-19(21)23(27)29-3)16-11-9-15(24)10-12-16/h5-14,21H,4H2,1-3H3. The van der Waals surface area contributed by atoms with Gasteiger partial charge in [0, 0.05) is 23.7 Å². The summed E-state index contributed by atoms with van der Waals surface area (Å²) in [7, 11) is 2.54. The fourth-order valence-electron chi connectivity index (χ4n) is 3.33. The third-order valence-electron chi connectivity index (χ3n) is 4.68. The molecule has 156 valence electrons. The molecule has 7 heteroatoms. The summed E-state index contributed by atoms with van der Waals surface area (Å²) in [6.07, 6.45) is 3.14. The van der Waals surface area contributed by atoms with Crippen molar-refractivity contribution in [3.05, 3.63) is 83.5 Å². The quantitative estimate of drug-likeness (QED) is 0.671. The summed E-state index contributed by atoms with van der Waals surface area (Å²) in [5.74, 6) is -1.82. The lowest BCUT2D eigenvalue weighted by atomic mass is 9.82. The van der Waals surface area contributed by atoms with E-state index < -0.39 is 23.7 Å². The number of nitrogens with zero attached hydrogens (tertiary/aromatic N) is 1. The minimum absolute atomic E-state index is 0.219. The molecule has 1 heterocycles. The third kappa shape index (κ3) is 4.20. The lowest BCUT2D eigenvalue weighted by Crippen LogP contribution is -2.29. The molecule has 0 aliphatic carbocycles. The molecule has 6 nitrogen and oxygen atoms in total. The molecule has 1 aliphatic heterocycles. The van der Waals surface area contributed by atoms with Gasteiger partial charge in [0.15, 0.2) is 0 Å². The Kier molecular flexibility index (Phi) is 6.51. The van der Waals surface area contributed by atoms with Crippen molar-refractivity contribution in [1.29, 1.82) is 0 Å². The zero-order chi connectivity index (χ0) is 21.7. The summed E-state index contributed by atoms with van der Waals surface area (Å²) in [6.45, 7) is 2.27. The van der Waals surface area contributed by atoms with Gasteiger partial charge in [-0.05, 0) is 37.3 Å². The Bertz CT molecular complexity index is 963. The van der Waals surface area contributed by atoms with E-state index in [0.717, 1.165) is 0 Å². The molecule has 0 atom stereocenters. The molecule has 0 bridgehead atoms. The van der Waals surface area contributed by atoms with Gasteiger partial charge in [-0.15, -0.1) is 0 Å². The third-order valence-corrected chi connectivity index (χ3v) is 4.68. The van der Waals surface area contributed by atoms with Crippen LogP contribution in [0, 0.1) is 5.82 Å². The van der Waals surface area contributed by atoms with Crippen LogP contribution in [0.25, 0.3) is 0 Å². The predicted octanol–water partition coefficient (Wildman–Crippen LogP) is 3.94. The summed E-state index contributed by atoms with van der Waals surface area (Å²) in [5.41, 5.74) is 1.64. The summed E-state index contributed by atoms with van der Waals surface area (Å²) in [5, 5.41) is 0. The first-order valence-corrected chi connectivity index (χ1v) is 9.35.